The Kier molecular flexibility index (Phi) is 7.62. The monoisotopic (exact) mass is 479 g/mol. The van der Waals surface area contributed by atoms with Gasteiger partial charge in [-0.05, 0) is 54.4 Å². The van der Waals surface area contributed by atoms with Crippen molar-refractivity contribution in [1.29, 1.82) is 0 Å². The second-order valence-corrected chi connectivity index (χ2v) is 10.1. The second kappa shape index (κ2) is 10.8. The van der Waals surface area contributed by atoms with Crippen molar-refractivity contribution >= 4 is 21.6 Å². The molecule has 2 N–H and O–H groups in total. The lowest BCUT2D eigenvalue weighted by Crippen LogP contribution is -2.35. The van der Waals surface area contributed by atoms with Crippen LogP contribution < -0.4 is 10.0 Å². The quantitative estimate of drug-likeness (QED) is 0.516. The molecule has 34 heavy (non-hydrogen) atoms. The molecule has 3 aromatic carbocycles. The van der Waals surface area contributed by atoms with Gasteiger partial charge in [0.25, 0.3) is 15.9 Å². The Morgan fingerprint density at radius 3 is 2.15 bits per heavy atom. The summed E-state index contributed by atoms with van der Waals surface area (Å²) in [5, 5.41) is 2.91. The number of anilines is 1. The van der Waals surface area contributed by atoms with Gasteiger partial charge in [-0.25, -0.2) is 8.42 Å². The van der Waals surface area contributed by atoms with E-state index < -0.39 is 10.0 Å². The number of hydrogen-bond acceptors (Lipinski definition) is 5. The van der Waals surface area contributed by atoms with E-state index in [9.17, 15) is 13.2 Å². The number of nitrogens with one attached hydrogen (secondary N) is 2. The summed E-state index contributed by atoms with van der Waals surface area (Å²) in [4.78, 5) is 15.1. The van der Waals surface area contributed by atoms with Crippen molar-refractivity contribution in [1.82, 2.24) is 10.2 Å². The molecule has 8 heteroatoms. The molecule has 4 rings (SSSR count). The molecule has 178 valence electrons. The van der Waals surface area contributed by atoms with Crippen molar-refractivity contribution in [2.75, 3.05) is 31.0 Å². The molecule has 0 spiro atoms. The van der Waals surface area contributed by atoms with Gasteiger partial charge in [0.15, 0.2) is 0 Å². The zero-order chi connectivity index (χ0) is 24.0. The van der Waals surface area contributed by atoms with Crippen molar-refractivity contribution in [3.05, 3.63) is 95.1 Å². The maximum absolute atomic E-state index is 12.5. The Labute approximate surface area is 200 Å². The third kappa shape index (κ3) is 6.44. The summed E-state index contributed by atoms with van der Waals surface area (Å²) in [7, 11) is -3.68. The van der Waals surface area contributed by atoms with E-state index >= 15 is 0 Å². The van der Waals surface area contributed by atoms with Crippen molar-refractivity contribution in [3.8, 4) is 0 Å². The van der Waals surface area contributed by atoms with Crippen molar-refractivity contribution in [2.24, 2.45) is 0 Å². The molecule has 1 aliphatic rings. The zero-order valence-electron chi connectivity index (χ0n) is 19.2. The van der Waals surface area contributed by atoms with Gasteiger partial charge in [-0.1, -0.05) is 42.0 Å². The lowest BCUT2D eigenvalue weighted by Gasteiger charge is -2.26. The van der Waals surface area contributed by atoms with Gasteiger partial charge in [0.05, 0.1) is 18.1 Å². The lowest BCUT2D eigenvalue weighted by molar-refractivity contribution is 0.0342. The number of carbonyl (C=O) groups is 1. The smallest absolute Gasteiger partial charge is 0.261 e. The molecule has 0 aromatic heterocycles. The molecule has 0 aliphatic carbocycles. The highest BCUT2D eigenvalue weighted by Gasteiger charge is 2.14. The summed E-state index contributed by atoms with van der Waals surface area (Å²) in [6.07, 6.45) is 0. The first-order chi connectivity index (χ1) is 16.4. The molecular weight excluding hydrogens is 450 g/mol. The molecule has 7 nitrogen and oxygen atoms in total. The number of morpholine rings is 1. The summed E-state index contributed by atoms with van der Waals surface area (Å²) in [5.74, 6) is -0.217. The van der Waals surface area contributed by atoms with Gasteiger partial charge in [-0.2, -0.15) is 0 Å². The third-order valence-corrected chi connectivity index (χ3v) is 7.11. The highest BCUT2D eigenvalue weighted by molar-refractivity contribution is 7.92. The Bertz CT molecular complexity index is 1200. The SMILES string of the molecule is Cc1ccc(S(=O)(=O)Nc2ccc(C(=O)NCc3ccc(CN4CCOCC4)cc3)cc2)cc1. The minimum absolute atomic E-state index is 0.191. The van der Waals surface area contributed by atoms with E-state index in [1.165, 1.54) is 5.56 Å². The van der Waals surface area contributed by atoms with Crippen molar-refractivity contribution < 1.29 is 17.9 Å². The van der Waals surface area contributed by atoms with Crippen LogP contribution in [0.4, 0.5) is 5.69 Å². The van der Waals surface area contributed by atoms with Gasteiger partial charge >= 0.3 is 0 Å². The average Bonchev–Trinajstić information content (AvgIpc) is 2.84. The van der Waals surface area contributed by atoms with Gasteiger partial charge in [0.1, 0.15) is 0 Å². The van der Waals surface area contributed by atoms with E-state index in [4.69, 9.17) is 4.74 Å². The van der Waals surface area contributed by atoms with Gasteiger partial charge in [0, 0.05) is 37.4 Å². The fraction of sp³-hybridized carbons (Fsp3) is 0.269. The number of amides is 1. The minimum Gasteiger partial charge on any atom is -0.379 e. The van der Waals surface area contributed by atoms with Crippen LogP contribution in [0.2, 0.25) is 0 Å². The number of rotatable bonds is 8. The first-order valence-corrected chi connectivity index (χ1v) is 12.7. The molecule has 0 saturated carbocycles. The molecule has 3 aromatic rings. The highest BCUT2D eigenvalue weighted by Crippen LogP contribution is 2.17. The standard InChI is InChI=1S/C26H29N3O4S/c1-20-2-12-25(13-3-20)34(31,32)28-24-10-8-23(9-11-24)26(30)27-18-21-4-6-22(7-5-21)19-29-14-16-33-17-15-29/h2-13,28H,14-19H2,1H3,(H,27,30). The summed E-state index contributed by atoms with van der Waals surface area (Å²) < 4.78 is 33.0. The number of sulfonamides is 1. The second-order valence-electron chi connectivity index (χ2n) is 8.38. The normalized spacial score (nSPS) is 14.5. The Morgan fingerprint density at radius 1 is 0.882 bits per heavy atom. The largest absolute Gasteiger partial charge is 0.379 e. The molecule has 0 radical (unpaired) electrons. The molecule has 1 heterocycles. The minimum atomic E-state index is -3.68. The number of benzene rings is 3. The maximum Gasteiger partial charge on any atom is 0.261 e. The first kappa shape index (κ1) is 23.9. The fourth-order valence-electron chi connectivity index (χ4n) is 3.69. The predicted octanol–water partition coefficient (Wildman–Crippen LogP) is 3.56. The van der Waals surface area contributed by atoms with Gasteiger partial charge in [-0.15, -0.1) is 0 Å². The molecule has 0 unspecified atom stereocenters. The van der Waals surface area contributed by atoms with E-state index in [-0.39, 0.29) is 10.8 Å². The van der Waals surface area contributed by atoms with Crippen LogP contribution in [0.25, 0.3) is 0 Å². The van der Waals surface area contributed by atoms with Crippen LogP contribution in [0.1, 0.15) is 27.0 Å². The molecule has 1 amide bonds. The van der Waals surface area contributed by atoms with E-state index in [1.807, 2.05) is 19.1 Å². The van der Waals surface area contributed by atoms with E-state index in [0.717, 1.165) is 44.0 Å². The molecule has 1 fully saturated rings. The number of nitrogens with zero attached hydrogens (tertiary/aromatic N) is 1. The number of ether oxygens (including phenoxy) is 1. The highest BCUT2D eigenvalue weighted by atomic mass is 32.2. The number of aryl methyl sites for hydroxylation is 1. The van der Waals surface area contributed by atoms with E-state index in [0.29, 0.717) is 17.8 Å². The molecular formula is C26H29N3O4S. The van der Waals surface area contributed by atoms with Gasteiger partial charge in [0.2, 0.25) is 0 Å². The van der Waals surface area contributed by atoms with E-state index in [1.54, 1.807) is 48.5 Å². The van der Waals surface area contributed by atoms with Crippen molar-refractivity contribution in [3.63, 3.8) is 0 Å². The third-order valence-electron chi connectivity index (χ3n) is 5.72. The van der Waals surface area contributed by atoms with Crippen molar-refractivity contribution in [2.45, 2.75) is 24.9 Å². The number of hydrogen-bond donors (Lipinski definition) is 2. The van der Waals surface area contributed by atoms with Crippen LogP contribution in [-0.2, 0) is 27.8 Å². The van der Waals surface area contributed by atoms with Crippen LogP contribution >= 0.6 is 0 Å². The summed E-state index contributed by atoms with van der Waals surface area (Å²) in [6.45, 7) is 6.67. The topological polar surface area (TPSA) is 87.7 Å². The summed E-state index contributed by atoms with van der Waals surface area (Å²) >= 11 is 0. The van der Waals surface area contributed by atoms with Crippen LogP contribution in [0.15, 0.2) is 77.7 Å². The lowest BCUT2D eigenvalue weighted by atomic mass is 10.1. The summed E-state index contributed by atoms with van der Waals surface area (Å²) in [5.41, 5.74) is 4.09. The first-order valence-electron chi connectivity index (χ1n) is 11.2. The maximum atomic E-state index is 12.5. The van der Waals surface area contributed by atoms with Gasteiger partial charge < -0.3 is 10.1 Å². The van der Waals surface area contributed by atoms with Crippen LogP contribution in [0, 0.1) is 6.92 Å². The molecule has 1 aliphatic heterocycles. The van der Waals surface area contributed by atoms with Crippen LogP contribution in [0.5, 0.6) is 0 Å². The molecule has 0 atom stereocenters. The number of carbonyl (C=O) groups excluding carboxylic acids is 1. The Morgan fingerprint density at radius 2 is 1.50 bits per heavy atom. The molecule has 1 saturated heterocycles. The average molecular weight is 480 g/mol. The van der Waals surface area contributed by atoms with E-state index in [2.05, 4.69) is 27.1 Å². The Hall–Kier alpha value is -3.20. The fourth-order valence-corrected chi connectivity index (χ4v) is 4.74. The van der Waals surface area contributed by atoms with Crippen LogP contribution in [0.3, 0.4) is 0 Å². The van der Waals surface area contributed by atoms with Gasteiger partial charge in [-0.3, -0.25) is 14.4 Å². The summed E-state index contributed by atoms with van der Waals surface area (Å²) in [6, 6.07) is 21.2. The molecule has 0 bridgehead atoms. The predicted molar refractivity (Wildman–Crippen MR) is 132 cm³/mol. The zero-order valence-corrected chi connectivity index (χ0v) is 20.0. The van der Waals surface area contributed by atoms with Crippen LogP contribution in [-0.4, -0.2) is 45.5 Å². The Balaban J connectivity index is 1.29.